The molecule has 2 nitrogen and oxygen atoms in total. The van der Waals surface area contributed by atoms with Crippen molar-refractivity contribution in [3.05, 3.63) is 0 Å². The maximum atomic E-state index is 3.92. The van der Waals surface area contributed by atoms with Crippen LogP contribution < -0.4 is 5.32 Å². The summed E-state index contributed by atoms with van der Waals surface area (Å²) in [5, 5.41) is 3.92. The van der Waals surface area contributed by atoms with E-state index >= 15 is 0 Å². The van der Waals surface area contributed by atoms with Crippen LogP contribution in [0.15, 0.2) is 0 Å². The summed E-state index contributed by atoms with van der Waals surface area (Å²) in [7, 11) is 0. The molecule has 104 valence electrons. The third-order valence-electron chi connectivity index (χ3n) is 5.93. The monoisotopic (exact) mass is 250 g/mol. The summed E-state index contributed by atoms with van der Waals surface area (Å²) in [5.41, 5.74) is 0. The molecule has 0 aromatic rings. The fourth-order valence-electron chi connectivity index (χ4n) is 5.19. The highest BCUT2D eigenvalue weighted by Crippen LogP contribution is 2.53. The van der Waals surface area contributed by atoms with Gasteiger partial charge in [-0.05, 0) is 68.9 Å². The minimum absolute atomic E-state index is 0.869. The quantitative estimate of drug-likeness (QED) is 0.780. The Bertz CT molecular complexity index is 244. The summed E-state index contributed by atoms with van der Waals surface area (Å²) in [5.74, 6) is 4.26. The Morgan fingerprint density at radius 1 is 0.889 bits per heavy atom. The lowest BCUT2D eigenvalue weighted by Gasteiger charge is -2.54. The molecule has 4 aliphatic rings. The first-order chi connectivity index (χ1) is 8.80. The van der Waals surface area contributed by atoms with Crippen molar-refractivity contribution in [1.82, 2.24) is 10.2 Å². The van der Waals surface area contributed by atoms with Gasteiger partial charge in [0.2, 0.25) is 0 Å². The molecule has 0 atom stereocenters. The van der Waals surface area contributed by atoms with E-state index in [4.69, 9.17) is 0 Å². The number of hydrogen-bond donors (Lipinski definition) is 1. The molecule has 0 aromatic heterocycles. The van der Waals surface area contributed by atoms with Crippen LogP contribution in [0.3, 0.4) is 0 Å². The Kier molecular flexibility index (Phi) is 3.95. The molecule has 0 amide bonds. The molecule has 0 radical (unpaired) electrons. The molecule has 0 saturated heterocycles. The molecule has 18 heavy (non-hydrogen) atoms. The summed E-state index contributed by atoms with van der Waals surface area (Å²) in [6, 6.07) is 0.869. The van der Waals surface area contributed by atoms with Gasteiger partial charge >= 0.3 is 0 Å². The summed E-state index contributed by atoms with van der Waals surface area (Å²) >= 11 is 0. The molecular weight excluding hydrogens is 220 g/mol. The van der Waals surface area contributed by atoms with Crippen molar-refractivity contribution in [2.24, 2.45) is 23.7 Å². The predicted octanol–water partition coefficient (Wildman–Crippen LogP) is 2.74. The Balaban J connectivity index is 1.48. The van der Waals surface area contributed by atoms with Crippen molar-refractivity contribution in [2.45, 2.75) is 52.0 Å². The van der Waals surface area contributed by atoms with Crippen LogP contribution in [0.25, 0.3) is 0 Å². The molecule has 1 N–H and O–H groups in total. The first kappa shape index (κ1) is 12.9. The average molecular weight is 250 g/mol. The topological polar surface area (TPSA) is 15.3 Å². The zero-order chi connectivity index (χ0) is 12.5. The number of nitrogens with zero attached hydrogens (tertiary/aromatic N) is 1. The van der Waals surface area contributed by atoms with Gasteiger partial charge in [0.15, 0.2) is 0 Å². The molecule has 4 bridgehead atoms. The fourth-order valence-corrected chi connectivity index (χ4v) is 5.19. The van der Waals surface area contributed by atoms with E-state index in [1.807, 2.05) is 0 Å². The second-order valence-corrected chi connectivity index (χ2v) is 6.94. The maximum Gasteiger partial charge on any atom is 0.0124 e. The van der Waals surface area contributed by atoms with Crippen LogP contribution in [-0.4, -0.2) is 37.1 Å². The van der Waals surface area contributed by atoms with Gasteiger partial charge in [-0.3, -0.25) is 0 Å². The summed E-state index contributed by atoms with van der Waals surface area (Å²) in [6.07, 6.45) is 7.72. The minimum atomic E-state index is 0.869. The van der Waals surface area contributed by atoms with Gasteiger partial charge in [-0.1, -0.05) is 13.8 Å². The third kappa shape index (κ3) is 2.46. The van der Waals surface area contributed by atoms with Crippen LogP contribution in [0, 0.1) is 23.7 Å². The maximum absolute atomic E-state index is 3.92. The average Bonchev–Trinajstić information content (AvgIpc) is 2.36. The zero-order valence-corrected chi connectivity index (χ0v) is 12.2. The first-order valence-electron chi connectivity index (χ1n) is 8.25. The van der Waals surface area contributed by atoms with Gasteiger partial charge in [-0.15, -0.1) is 0 Å². The van der Waals surface area contributed by atoms with Gasteiger partial charge in [0.25, 0.3) is 0 Å². The van der Waals surface area contributed by atoms with E-state index in [1.54, 1.807) is 6.42 Å². The van der Waals surface area contributed by atoms with Crippen LogP contribution in [0.2, 0.25) is 0 Å². The van der Waals surface area contributed by atoms with Crippen molar-refractivity contribution in [1.29, 1.82) is 0 Å². The smallest absolute Gasteiger partial charge is 0.0124 e. The molecule has 4 aliphatic carbocycles. The molecule has 0 aromatic carbocycles. The van der Waals surface area contributed by atoms with Gasteiger partial charge in [0.1, 0.15) is 0 Å². The molecule has 0 spiro atoms. The highest BCUT2D eigenvalue weighted by Gasteiger charge is 2.47. The van der Waals surface area contributed by atoms with Gasteiger partial charge in [-0.2, -0.15) is 0 Å². The zero-order valence-electron chi connectivity index (χ0n) is 12.2. The molecule has 0 unspecified atom stereocenters. The van der Waals surface area contributed by atoms with Crippen LogP contribution in [0.4, 0.5) is 0 Å². The lowest BCUT2D eigenvalue weighted by atomic mass is 9.54. The normalized spacial score (nSPS) is 41.8. The minimum Gasteiger partial charge on any atom is -0.312 e. The summed E-state index contributed by atoms with van der Waals surface area (Å²) < 4.78 is 0. The molecule has 0 heterocycles. The number of rotatable bonds is 6. The molecule has 0 aliphatic heterocycles. The largest absolute Gasteiger partial charge is 0.312 e. The van der Waals surface area contributed by atoms with Gasteiger partial charge < -0.3 is 10.2 Å². The standard InChI is InChI=1S/C16H30N2/c1-3-18(4-2)6-5-17-16-14-8-12-7-13(10-14)11-15(16)9-12/h12-17H,3-11H2,1-2H3. The number of hydrogen-bond acceptors (Lipinski definition) is 2. The third-order valence-corrected chi connectivity index (χ3v) is 5.93. The number of nitrogens with one attached hydrogen (secondary N) is 1. The highest BCUT2D eigenvalue weighted by molar-refractivity contribution is 5.01. The van der Waals surface area contributed by atoms with Gasteiger partial charge in [0.05, 0.1) is 0 Å². The Labute approximate surface area is 113 Å². The Morgan fingerprint density at radius 2 is 1.44 bits per heavy atom. The van der Waals surface area contributed by atoms with E-state index in [9.17, 15) is 0 Å². The first-order valence-corrected chi connectivity index (χ1v) is 8.25. The second-order valence-electron chi connectivity index (χ2n) is 6.94. The molecule has 2 heteroatoms. The van der Waals surface area contributed by atoms with E-state index in [1.165, 1.54) is 51.9 Å². The van der Waals surface area contributed by atoms with Crippen molar-refractivity contribution in [3.8, 4) is 0 Å². The van der Waals surface area contributed by atoms with E-state index in [-0.39, 0.29) is 0 Å². The molecular formula is C16H30N2. The van der Waals surface area contributed by atoms with Gasteiger partial charge in [-0.25, -0.2) is 0 Å². The lowest BCUT2D eigenvalue weighted by Crippen LogP contribution is -2.55. The van der Waals surface area contributed by atoms with Gasteiger partial charge in [0, 0.05) is 19.1 Å². The summed E-state index contributed by atoms with van der Waals surface area (Å²) in [6.45, 7) is 9.36. The molecule has 4 rings (SSSR count). The Morgan fingerprint density at radius 3 is 1.94 bits per heavy atom. The summed E-state index contributed by atoms with van der Waals surface area (Å²) in [4.78, 5) is 2.53. The lowest BCUT2D eigenvalue weighted by molar-refractivity contribution is -0.0140. The van der Waals surface area contributed by atoms with E-state index in [0.29, 0.717) is 0 Å². The second kappa shape index (κ2) is 5.50. The van der Waals surface area contributed by atoms with E-state index in [2.05, 4.69) is 24.1 Å². The SMILES string of the molecule is CCN(CC)CCNC1C2CC3CC(C2)CC1C3. The van der Waals surface area contributed by atoms with Crippen molar-refractivity contribution < 1.29 is 0 Å². The van der Waals surface area contributed by atoms with Crippen LogP contribution in [0.1, 0.15) is 46.0 Å². The van der Waals surface area contributed by atoms with Crippen molar-refractivity contribution in [3.63, 3.8) is 0 Å². The predicted molar refractivity (Wildman–Crippen MR) is 76.6 cm³/mol. The van der Waals surface area contributed by atoms with Crippen LogP contribution >= 0.6 is 0 Å². The fraction of sp³-hybridized carbons (Fsp3) is 1.00. The van der Waals surface area contributed by atoms with Crippen molar-refractivity contribution in [2.75, 3.05) is 26.2 Å². The van der Waals surface area contributed by atoms with Crippen LogP contribution in [0.5, 0.6) is 0 Å². The molecule has 4 saturated carbocycles. The van der Waals surface area contributed by atoms with E-state index in [0.717, 1.165) is 29.7 Å². The van der Waals surface area contributed by atoms with Crippen LogP contribution in [-0.2, 0) is 0 Å². The highest BCUT2D eigenvalue weighted by atomic mass is 15.1. The number of likely N-dealkylation sites (N-methyl/N-ethyl adjacent to an activating group) is 1. The molecule has 4 fully saturated rings. The Hall–Kier alpha value is -0.0800. The van der Waals surface area contributed by atoms with Crippen molar-refractivity contribution >= 4 is 0 Å². The van der Waals surface area contributed by atoms with E-state index < -0.39 is 0 Å².